The first kappa shape index (κ1) is 14.9. The molecule has 1 aliphatic heterocycles. The predicted molar refractivity (Wildman–Crippen MR) is 64.2 cm³/mol. The largest absolute Gasteiger partial charge is 0.481 e. The lowest BCUT2D eigenvalue weighted by molar-refractivity contribution is -0.154. The molecule has 1 amide bonds. The van der Waals surface area contributed by atoms with E-state index in [0.717, 1.165) is 0 Å². The van der Waals surface area contributed by atoms with E-state index in [0.29, 0.717) is 26.1 Å². The number of rotatable bonds is 6. The maximum absolute atomic E-state index is 11.5. The number of carboxylic acids is 1. The Labute approximate surface area is 107 Å². The summed E-state index contributed by atoms with van der Waals surface area (Å²) in [5.41, 5.74) is -0.897. The molecule has 0 aromatic carbocycles. The van der Waals surface area contributed by atoms with Crippen molar-refractivity contribution in [1.29, 1.82) is 0 Å². The Morgan fingerprint density at radius 2 is 2.00 bits per heavy atom. The number of carbonyl (C=O) groups excluding carboxylic acids is 1. The maximum atomic E-state index is 11.5. The molecule has 6 nitrogen and oxygen atoms in total. The number of amides is 1. The average molecular weight is 259 g/mol. The van der Waals surface area contributed by atoms with Crippen molar-refractivity contribution in [2.75, 3.05) is 26.4 Å². The lowest BCUT2D eigenvalue weighted by Crippen LogP contribution is -2.47. The number of carbonyl (C=O) groups is 2. The van der Waals surface area contributed by atoms with Gasteiger partial charge in [0.05, 0.1) is 11.5 Å². The third-order valence-corrected chi connectivity index (χ3v) is 3.08. The summed E-state index contributed by atoms with van der Waals surface area (Å²) in [5, 5.41) is 11.9. The van der Waals surface area contributed by atoms with Gasteiger partial charge in [-0.2, -0.15) is 0 Å². The molecule has 0 atom stereocenters. The quantitative estimate of drug-likeness (QED) is 0.721. The minimum atomic E-state index is -0.897. The van der Waals surface area contributed by atoms with Crippen molar-refractivity contribution in [2.45, 2.75) is 32.8 Å². The summed E-state index contributed by atoms with van der Waals surface area (Å²) in [6.45, 7) is 4.61. The van der Waals surface area contributed by atoms with E-state index < -0.39 is 11.4 Å². The fourth-order valence-electron chi connectivity index (χ4n) is 1.79. The van der Waals surface area contributed by atoms with E-state index >= 15 is 0 Å². The fourth-order valence-corrected chi connectivity index (χ4v) is 1.79. The van der Waals surface area contributed by atoms with Gasteiger partial charge in [-0.3, -0.25) is 9.59 Å². The monoisotopic (exact) mass is 259 g/mol. The zero-order valence-corrected chi connectivity index (χ0v) is 10.9. The molecule has 1 saturated heterocycles. The van der Waals surface area contributed by atoms with E-state index in [1.807, 2.05) is 13.8 Å². The van der Waals surface area contributed by atoms with Gasteiger partial charge in [0.25, 0.3) is 0 Å². The van der Waals surface area contributed by atoms with E-state index in [-0.39, 0.29) is 25.2 Å². The van der Waals surface area contributed by atoms with Gasteiger partial charge in [0.2, 0.25) is 5.91 Å². The molecule has 1 rings (SSSR count). The molecule has 0 radical (unpaired) electrons. The van der Waals surface area contributed by atoms with Crippen LogP contribution in [0.1, 0.15) is 26.7 Å². The highest BCUT2D eigenvalue weighted by Gasteiger charge is 2.40. The minimum absolute atomic E-state index is 0.0211. The molecule has 0 saturated carbocycles. The smallest absolute Gasteiger partial charge is 0.311 e. The highest BCUT2D eigenvalue weighted by Crippen LogP contribution is 2.29. The lowest BCUT2D eigenvalue weighted by Gasteiger charge is -2.33. The van der Waals surface area contributed by atoms with Crippen molar-refractivity contribution in [3.8, 4) is 0 Å². The highest BCUT2D eigenvalue weighted by atomic mass is 16.5. The van der Waals surface area contributed by atoms with Crippen LogP contribution in [0.2, 0.25) is 0 Å². The summed E-state index contributed by atoms with van der Waals surface area (Å²) >= 11 is 0. The summed E-state index contributed by atoms with van der Waals surface area (Å²) in [7, 11) is 0. The highest BCUT2D eigenvalue weighted by molar-refractivity contribution is 5.79. The summed E-state index contributed by atoms with van der Waals surface area (Å²) < 4.78 is 10.3. The first-order valence-corrected chi connectivity index (χ1v) is 6.16. The van der Waals surface area contributed by atoms with Gasteiger partial charge in [-0.05, 0) is 26.7 Å². The summed E-state index contributed by atoms with van der Waals surface area (Å²) in [5.74, 6) is -1.16. The number of hydrogen-bond acceptors (Lipinski definition) is 4. The molecule has 0 aromatic rings. The van der Waals surface area contributed by atoms with Crippen LogP contribution in [0, 0.1) is 5.41 Å². The molecule has 1 fully saturated rings. The van der Waals surface area contributed by atoms with Crippen LogP contribution in [0.15, 0.2) is 0 Å². The van der Waals surface area contributed by atoms with E-state index in [2.05, 4.69) is 5.32 Å². The standard InChI is InChI=1S/C12H21NO5/c1-9(2)18-7-10(14)13-8-12(11(15)16)3-5-17-6-4-12/h9H,3-8H2,1-2H3,(H,13,14)(H,15,16). The molecular formula is C12H21NO5. The maximum Gasteiger partial charge on any atom is 0.311 e. The minimum Gasteiger partial charge on any atom is -0.481 e. The Hall–Kier alpha value is -1.14. The second kappa shape index (κ2) is 6.70. The van der Waals surface area contributed by atoms with Gasteiger partial charge in [0.1, 0.15) is 6.61 Å². The summed E-state index contributed by atoms with van der Waals surface area (Å²) in [6.07, 6.45) is 0.827. The molecule has 0 bridgehead atoms. The van der Waals surface area contributed by atoms with Crippen molar-refractivity contribution in [2.24, 2.45) is 5.41 Å². The Morgan fingerprint density at radius 3 is 2.50 bits per heavy atom. The average Bonchev–Trinajstić information content (AvgIpc) is 2.34. The molecule has 0 unspecified atom stereocenters. The summed E-state index contributed by atoms with van der Waals surface area (Å²) in [6, 6.07) is 0. The Balaban J connectivity index is 2.42. The third-order valence-electron chi connectivity index (χ3n) is 3.08. The zero-order valence-electron chi connectivity index (χ0n) is 10.9. The van der Waals surface area contributed by atoms with E-state index in [1.54, 1.807) is 0 Å². The SMILES string of the molecule is CC(C)OCC(=O)NCC1(C(=O)O)CCOCC1. The Bertz CT molecular complexity index is 297. The number of carboxylic acid groups (broad SMARTS) is 1. The molecule has 1 heterocycles. The Morgan fingerprint density at radius 1 is 1.39 bits per heavy atom. The van der Waals surface area contributed by atoms with Crippen molar-refractivity contribution in [3.05, 3.63) is 0 Å². The molecule has 0 spiro atoms. The number of hydrogen-bond donors (Lipinski definition) is 2. The number of ether oxygens (including phenoxy) is 2. The number of aliphatic carboxylic acids is 1. The van der Waals surface area contributed by atoms with Crippen molar-refractivity contribution < 1.29 is 24.2 Å². The zero-order chi connectivity index (χ0) is 13.6. The Kier molecular flexibility index (Phi) is 5.55. The first-order valence-electron chi connectivity index (χ1n) is 6.16. The van der Waals surface area contributed by atoms with Gasteiger partial charge in [-0.25, -0.2) is 0 Å². The lowest BCUT2D eigenvalue weighted by atomic mass is 9.80. The molecule has 104 valence electrons. The fraction of sp³-hybridized carbons (Fsp3) is 0.833. The van der Waals surface area contributed by atoms with Gasteiger partial charge in [0.15, 0.2) is 0 Å². The van der Waals surface area contributed by atoms with Gasteiger partial charge >= 0.3 is 5.97 Å². The van der Waals surface area contributed by atoms with Crippen molar-refractivity contribution in [3.63, 3.8) is 0 Å². The normalized spacial score (nSPS) is 18.6. The first-order chi connectivity index (χ1) is 8.46. The van der Waals surface area contributed by atoms with Crippen LogP contribution >= 0.6 is 0 Å². The van der Waals surface area contributed by atoms with Crippen LogP contribution in [0.3, 0.4) is 0 Å². The predicted octanol–water partition coefficient (Wildman–Crippen LogP) is 0.409. The third kappa shape index (κ3) is 4.27. The van der Waals surface area contributed by atoms with E-state index in [1.165, 1.54) is 0 Å². The van der Waals surface area contributed by atoms with Crippen LogP contribution in [-0.4, -0.2) is 49.5 Å². The van der Waals surface area contributed by atoms with Gasteiger partial charge in [0, 0.05) is 19.8 Å². The molecule has 2 N–H and O–H groups in total. The molecule has 6 heteroatoms. The van der Waals surface area contributed by atoms with Crippen LogP contribution < -0.4 is 5.32 Å². The van der Waals surface area contributed by atoms with Crippen LogP contribution in [0.4, 0.5) is 0 Å². The van der Waals surface area contributed by atoms with Gasteiger partial charge < -0.3 is 19.9 Å². The second-order valence-corrected chi connectivity index (χ2v) is 4.83. The van der Waals surface area contributed by atoms with Crippen molar-refractivity contribution in [1.82, 2.24) is 5.32 Å². The van der Waals surface area contributed by atoms with Crippen LogP contribution in [-0.2, 0) is 19.1 Å². The van der Waals surface area contributed by atoms with Crippen LogP contribution in [0.5, 0.6) is 0 Å². The molecule has 1 aliphatic rings. The number of nitrogens with one attached hydrogen (secondary N) is 1. The van der Waals surface area contributed by atoms with Crippen molar-refractivity contribution >= 4 is 11.9 Å². The second-order valence-electron chi connectivity index (χ2n) is 4.83. The summed E-state index contributed by atoms with van der Waals surface area (Å²) in [4.78, 5) is 22.8. The van der Waals surface area contributed by atoms with E-state index in [4.69, 9.17) is 9.47 Å². The van der Waals surface area contributed by atoms with Gasteiger partial charge in [-0.1, -0.05) is 0 Å². The molecular weight excluding hydrogens is 238 g/mol. The topological polar surface area (TPSA) is 84.9 Å². The molecule has 18 heavy (non-hydrogen) atoms. The van der Waals surface area contributed by atoms with Gasteiger partial charge in [-0.15, -0.1) is 0 Å². The molecule has 0 aliphatic carbocycles. The van der Waals surface area contributed by atoms with E-state index in [9.17, 15) is 14.7 Å². The van der Waals surface area contributed by atoms with Crippen LogP contribution in [0.25, 0.3) is 0 Å². The molecule has 0 aromatic heterocycles.